The topological polar surface area (TPSA) is 64.4 Å². The molecule has 6 nitrogen and oxygen atoms in total. The molecule has 0 saturated carbocycles. The molecule has 0 N–H and O–H groups in total. The van der Waals surface area contributed by atoms with Gasteiger partial charge in [-0.15, -0.1) is 0 Å². The van der Waals surface area contributed by atoms with Crippen molar-refractivity contribution in [2.45, 2.75) is 30.5 Å². The molecule has 1 aromatic heterocycles. The molecule has 35 heavy (non-hydrogen) atoms. The number of thioether (sulfide) groups is 1. The summed E-state index contributed by atoms with van der Waals surface area (Å²) in [6.07, 6.45) is 3.07. The number of carbonyl (C=O) groups excluding carboxylic acids is 1. The third-order valence-electron chi connectivity index (χ3n) is 6.58. The minimum absolute atomic E-state index is 0.0105. The minimum Gasteiger partial charge on any atom is -0.497 e. The number of nitrogens with zero attached hydrogens (tertiary/aromatic N) is 3. The maximum absolute atomic E-state index is 13.5. The van der Waals surface area contributed by atoms with Crippen molar-refractivity contribution in [3.8, 4) is 11.4 Å². The lowest BCUT2D eigenvalue weighted by Crippen LogP contribution is -2.34. The Kier molecular flexibility index (Phi) is 6.59. The lowest BCUT2D eigenvalue weighted by Gasteiger charge is -2.33. The smallest absolute Gasteiger partial charge is 0.266 e. The third-order valence-corrected chi connectivity index (χ3v) is 7.50. The van der Waals surface area contributed by atoms with Crippen LogP contribution in [0.1, 0.15) is 30.0 Å². The van der Waals surface area contributed by atoms with E-state index in [2.05, 4.69) is 18.2 Å². The molecule has 0 spiro atoms. The zero-order valence-electron chi connectivity index (χ0n) is 19.8. The van der Waals surface area contributed by atoms with E-state index >= 15 is 0 Å². The van der Waals surface area contributed by atoms with Crippen molar-refractivity contribution in [2.24, 2.45) is 0 Å². The minimum atomic E-state index is -0.173. The SMILES string of the molecule is COc1cccc(-n2c(SCC(=O)N(C)C3CCCc4ccccc43)nc3ccccc3c2=O)c1. The fourth-order valence-corrected chi connectivity index (χ4v) is 5.66. The first-order valence-electron chi connectivity index (χ1n) is 11.7. The van der Waals surface area contributed by atoms with Gasteiger partial charge in [-0.1, -0.05) is 54.2 Å². The van der Waals surface area contributed by atoms with Gasteiger partial charge in [-0.2, -0.15) is 0 Å². The fourth-order valence-electron chi connectivity index (χ4n) is 4.72. The average molecular weight is 486 g/mol. The van der Waals surface area contributed by atoms with Crippen LogP contribution in [0.15, 0.2) is 82.7 Å². The van der Waals surface area contributed by atoms with Crippen LogP contribution in [0.2, 0.25) is 0 Å². The second-order valence-electron chi connectivity index (χ2n) is 8.65. The molecule has 178 valence electrons. The number of aryl methyl sites for hydroxylation is 1. The Hall–Kier alpha value is -3.58. The summed E-state index contributed by atoms with van der Waals surface area (Å²) < 4.78 is 6.93. The maximum atomic E-state index is 13.5. The van der Waals surface area contributed by atoms with Gasteiger partial charge in [0.1, 0.15) is 5.75 Å². The van der Waals surface area contributed by atoms with Crippen LogP contribution in [0.25, 0.3) is 16.6 Å². The predicted molar refractivity (Wildman–Crippen MR) is 140 cm³/mol. The Morgan fingerprint density at radius 3 is 2.77 bits per heavy atom. The van der Waals surface area contributed by atoms with Crippen LogP contribution in [0.5, 0.6) is 5.75 Å². The van der Waals surface area contributed by atoms with Crippen molar-refractivity contribution in [3.05, 3.63) is 94.3 Å². The molecule has 0 aliphatic heterocycles. The molecule has 0 radical (unpaired) electrons. The van der Waals surface area contributed by atoms with E-state index in [0.717, 1.165) is 19.3 Å². The van der Waals surface area contributed by atoms with E-state index in [0.29, 0.717) is 27.5 Å². The number of hydrogen-bond acceptors (Lipinski definition) is 5. The van der Waals surface area contributed by atoms with Gasteiger partial charge in [-0.25, -0.2) is 4.98 Å². The largest absolute Gasteiger partial charge is 0.497 e. The third kappa shape index (κ3) is 4.56. The van der Waals surface area contributed by atoms with Gasteiger partial charge in [0, 0.05) is 13.1 Å². The summed E-state index contributed by atoms with van der Waals surface area (Å²) in [5.74, 6) is 0.839. The number of fused-ring (bicyclic) bond motifs is 2. The Bertz CT molecular complexity index is 1450. The zero-order valence-corrected chi connectivity index (χ0v) is 20.6. The van der Waals surface area contributed by atoms with Gasteiger partial charge in [0.05, 0.1) is 35.5 Å². The van der Waals surface area contributed by atoms with E-state index in [9.17, 15) is 9.59 Å². The number of benzene rings is 3. The number of para-hydroxylation sites is 1. The van der Waals surface area contributed by atoms with Crippen molar-refractivity contribution >= 4 is 28.6 Å². The number of rotatable bonds is 6. The first-order chi connectivity index (χ1) is 17.1. The lowest BCUT2D eigenvalue weighted by molar-refractivity contribution is -0.129. The molecular formula is C28H27N3O3S. The predicted octanol–water partition coefficient (Wildman–Crippen LogP) is 5.02. The number of carbonyl (C=O) groups is 1. The summed E-state index contributed by atoms with van der Waals surface area (Å²) in [5.41, 5.74) is 3.64. The van der Waals surface area contributed by atoms with Gasteiger partial charge in [0.25, 0.3) is 5.56 Å². The van der Waals surface area contributed by atoms with Gasteiger partial charge >= 0.3 is 0 Å². The number of hydrogen-bond donors (Lipinski definition) is 0. The molecule has 1 amide bonds. The van der Waals surface area contributed by atoms with Crippen LogP contribution in [0.4, 0.5) is 0 Å². The van der Waals surface area contributed by atoms with Gasteiger partial charge in [0.15, 0.2) is 5.16 Å². The summed E-state index contributed by atoms with van der Waals surface area (Å²) in [6.45, 7) is 0. The van der Waals surface area contributed by atoms with Crippen molar-refractivity contribution in [2.75, 3.05) is 19.9 Å². The summed E-state index contributed by atoms with van der Waals surface area (Å²) in [4.78, 5) is 33.4. The average Bonchev–Trinajstić information content (AvgIpc) is 2.91. The van der Waals surface area contributed by atoms with Crippen molar-refractivity contribution in [3.63, 3.8) is 0 Å². The Morgan fingerprint density at radius 2 is 1.91 bits per heavy atom. The highest BCUT2D eigenvalue weighted by molar-refractivity contribution is 7.99. The standard InChI is InChI=1S/C28H27N3O3S/c1-30(25-16-7-10-19-9-3-4-13-22(19)25)26(32)18-35-28-29-24-15-6-5-14-23(24)27(33)31(28)20-11-8-12-21(17-20)34-2/h3-6,8-9,11-15,17,25H,7,10,16,18H2,1-2H3. The molecule has 4 aromatic rings. The molecule has 0 saturated heterocycles. The molecule has 7 heteroatoms. The molecule has 1 heterocycles. The zero-order chi connectivity index (χ0) is 24.4. The van der Waals surface area contributed by atoms with E-state index < -0.39 is 0 Å². The molecule has 5 rings (SSSR count). The monoisotopic (exact) mass is 485 g/mol. The molecule has 0 fully saturated rings. The normalized spacial score (nSPS) is 15.0. The fraction of sp³-hybridized carbons (Fsp3) is 0.250. The first-order valence-corrected chi connectivity index (χ1v) is 12.7. The van der Waals surface area contributed by atoms with E-state index in [-0.39, 0.29) is 23.3 Å². The summed E-state index contributed by atoms with van der Waals surface area (Å²) >= 11 is 1.29. The Morgan fingerprint density at radius 1 is 1.11 bits per heavy atom. The first kappa shape index (κ1) is 23.2. The highest BCUT2D eigenvalue weighted by Crippen LogP contribution is 2.34. The molecule has 1 aliphatic carbocycles. The Labute approximate surface area is 208 Å². The van der Waals surface area contributed by atoms with E-state index in [1.807, 2.05) is 54.4 Å². The van der Waals surface area contributed by atoms with Crippen LogP contribution in [0.3, 0.4) is 0 Å². The highest BCUT2D eigenvalue weighted by atomic mass is 32.2. The van der Waals surface area contributed by atoms with Crippen LogP contribution in [0, 0.1) is 0 Å². The molecular weight excluding hydrogens is 458 g/mol. The number of ether oxygens (including phenoxy) is 1. The van der Waals surface area contributed by atoms with Crippen molar-refractivity contribution in [1.82, 2.24) is 14.5 Å². The number of aromatic nitrogens is 2. The van der Waals surface area contributed by atoms with Crippen LogP contribution >= 0.6 is 11.8 Å². The van der Waals surface area contributed by atoms with Gasteiger partial charge in [0.2, 0.25) is 5.91 Å². The quantitative estimate of drug-likeness (QED) is 0.283. The van der Waals surface area contributed by atoms with E-state index in [1.165, 1.54) is 22.9 Å². The Balaban J connectivity index is 1.46. The van der Waals surface area contributed by atoms with Crippen LogP contribution < -0.4 is 10.3 Å². The van der Waals surface area contributed by atoms with Crippen LogP contribution in [-0.4, -0.2) is 40.3 Å². The van der Waals surface area contributed by atoms with Crippen molar-refractivity contribution in [1.29, 1.82) is 0 Å². The van der Waals surface area contributed by atoms with Crippen molar-refractivity contribution < 1.29 is 9.53 Å². The van der Waals surface area contributed by atoms with Gasteiger partial charge in [-0.3, -0.25) is 14.2 Å². The number of methoxy groups -OCH3 is 1. The van der Waals surface area contributed by atoms with Crippen LogP contribution in [-0.2, 0) is 11.2 Å². The second kappa shape index (κ2) is 9.96. The molecule has 1 aliphatic rings. The number of amides is 1. The molecule has 0 bridgehead atoms. The maximum Gasteiger partial charge on any atom is 0.266 e. The highest BCUT2D eigenvalue weighted by Gasteiger charge is 2.27. The molecule has 1 atom stereocenters. The lowest BCUT2D eigenvalue weighted by atomic mass is 9.87. The second-order valence-corrected chi connectivity index (χ2v) is 9.60. The van der Waals surface area contributed by atoms with E-state index in [1.54, 1.807) is 23.8 Å². The van der Waals surface area contributed by atoms with E-state index in [4.69, 9.17) is 9.72 Å². The molecule has 3 aromatic carbocycles. The van der Waals surface area contributed by atoms with Gasteiger partial charge in [-0.05, 0) is 54.7 Å². The summed E-state index contributed by atoms with van der Waals surface area (Å²) in [5, 5.41) is 1.01. The van der Waals surface area contributed by atoms with Gasteiger partial charge < -0.3 is 9.64 Å². The summed E-state index contributed by atoms with van der Waals surface area (Å²) in [6, 6.07) is 23.0. The summed E-state index contributed by atoms with van der Waals surface area (Å²) in [7, 11) is 3.47. The molecule has 1 unspecified atom stereocenters.